The van der Waals surface area contributed by atoms with Gasteiger partial charge in [0.15, 0.2) is 0 Å². The Labute approximate surface area is 109 Å². The van der Waals surface area contributed by atoms with Gasteiger partial charge in [0.25, 0.3) is 0 Å². The summed E-state index contributed by atoms with van der Waals surface area (Å²) in [7, 11) is 0. The van der Waals surface area contributed by atoms with Gasteiger partial charge in [0.1, 0.15) is 6.26 Å². The fourth-order valence-corrected chi connectivity index (χ4v) is 3.55. The molecule has 0 spiro atoms. The van der Waals surface area contributed by atoms with Crippen molar-refractivity contribution in [2.75, 3.05) is 6.54 Å². The van der Waals surface area contributed by atoms with Crippen LogP contribution in [0.1, 0.15) is 44.7 Å². The normalized spacial score (nSPS) is 31.9. The SMILES string of the molecule is CCCNC1CC2CCC(C1)N2Cc1ccon1. The van der Waals surface area contributed by atoms with Crippen molar-refractivity contribution in [3.63, 3.8) is 0 Å². The van der Waals surface area contributed by atoms with E-state index in [1.807, 2.05) is 6.07 Å². The molecule has 0 amide bonds. The standard InChI is InChI=1S/C14H23N3O/c1-2-6-15-12-8-13-3-4-14(9-12)17(13)10-11-5-7-18-16-11/h5,7,12-15H,2-4,6,8-10H2,1H3. The zero-order valence-corrected chi connectivity index (χ0v) is 11.1. The monoisotopic (exact) mass is 249 g/mol. The van der Waals surface area contributed by atoms with Crippen LogP contribution in [-0.2, 0) is 6.54 Å². The predicted molar refractivity (Wildman–Crippen MR) is 70.2 cm³/mol. The first-order chi connectivity index (χ1) is 8.86. The summed E-state index contributed by atoms with van der Waals surface area (Å²) in [5, 5.41) is 7.73. The van der Waals surface area contributed by atoms with Gasteiger partial charge in [0.2, 0.25) is 0 Å². The van der Waals surface area contributed by atoms with Crippen LogP contribution in [0, 0.1) is 0 Å². The quantitative estimate of drug-likeness (QED) is 0.868. The molecule has 18 heavy (non-hydrogen) atoms. The van der Waals surface area contributed by atoms with Gasteiger partial charge in [-0.05, 0) is 38.6 Å². The topological polar surface area (TPSA) is 41.3 Å². The first-order valence-electron chi connectivity index (χ1n) is 7.25. The molecule has 0 aliphatic carbocycles. The minimum atomic E-state index is 0.732. The number of nitrogens with one attached hydrogen (secondary N) is 1. The van der Waals surface area contributed by atoms with E-state index < -0.39 is 0 Å². The van der Waals surface area contributed by atoms with Crippen LogP contribution in [-0.4, -0.2) is 34.7 Å². The Hall–Kier alpha value is -0.870. The maximum Gasteiger partial charge on any atom is 0.124 e. The highest BCUT2D eigenvalue weighted by Gasteiger charge is 2.40. The lowest BCUT2D eigenvalue weighted by Crippen LogP contribution is -2.48. The molecule has 1 aromatic rings. The molecule has 3 rings (SSSR count). The molecule has 1 N–H and O–H groups in total. The molecular formula is C14H23N3O. The Kier molecular flexibility index (Phi) is 3.66. The number of aromatic nitrogens is 1. The summed E-state index contributed by atoms with van der Waals surface area (Å²) in [6.45, 7) is 4.36. The molecule has 0 aromatic carbocycles. The Morgan fingerprint density at radius 1 is 1.39 bits per heavy atom. The minimum Gasteiger partial charge on any atom is -0.364 e. The van der Waals surface area contributed by atoms with Crippen LogP contribution < -0.4 is 5.32 Å². The summed E-state index contributed by atoms with van der Waals surface area (Å²) in [4.78, 5) is 2.64. The van der Waals surface area contributed by atoms with Gasteiger partial charge < -0.3 is 9.84 Å². The van der Waals surface area contributed by atoms with Crippen molar-refractivity contribution in [1.82, 2.24) is 15.4 Å². The van der Waals surface area contributed by atoms with E-state index in [-0.39, 0.29) is 0 Å². The van der Waals surface area contributed by atoms with Crippen LogP contribution in [0.3, 0.4) is 0 Å². The second-order valence-electron chi connectivity index (χ2n) is 5.67. The second-order valence-corrected chi connectivity index (χ2v) is 5.67. The average molecular weight is 249 g/mol. The third-order valence-electron chi connectivity index (χ3n) is 4.40. The van der Waals surface area contributed by atoms with Gasteiger partial charge in [-0.3, -0.25) is 4.90 Å². The molecule has 2 aliphatic heterocycles. The minimum absolute atomic E-state index is 0.732. The van der Waals surface area contributed by atoms with Crippen molar-refractivity contribution < 1.29 is 4.52 Å². The van der Waals surface area contributed by atoms with E-state index in [0.717, 1.165) is 36.9 Å². The maximum atomic E-state index is 4.93. The summed E-state index contributed by atoms with van der Waals surface area (Å²) in [6.07, 6.45) is 8.21. The van der Waals surface area contributed by atoms with Crippen LogP contribution in [0.2, 0.25) is 0 Å². The summed E-state index contributed by atoms with van der Waals surface area (Å²) in [6, 6.07) is 4.21. The molecule has 4 heteroatoms. The van der Waals surface area contributed by atoms with E-state index >= 15 is 0 Å². The molecule has 100 valence electrons. The number of hydrogen-bond donors (Lipinski definition) is 1. The first-order valence-corrected chi connectivity index (χ1v) is 7.25. The summed E-state index contributed by atoms with van der Waals surface area (Å²) in [5.74, 6) is 0. The molecule has 1 aromatic heterocycles. The van der Waals surface area contributed by atoms with Gasteiger partial charge in [0.05, 0.1) is 5.69 Å². The number of hydrogen-bond acceptors (Lipinski definition) is 4. The highest BCUT2D eigenvalue weighted by Crippen LogP contribution is 2.36. The van der Waals surface area contributed by atoms with Crippen molar-refractivity contribution >= 4 is 0 Å². The molecule has 4 nitrogen and oxygen atoms in total. The summed E-state index contributed by atoms with van der Waals surface area (Å²) < 4.78 is 4.93. The van der Waals surface area contributed by atoms with Gasteiger partial charge in [0, 0.05) is 30.7 Å². The molecule has 2 fully saturated rings. The maximum absolute atomic E-state index is 4.93. The van der Waals surface area contributed by atoms with Gasteiger partial charge in [-0.2, -0.15) is 0 Å². The predicted octanol–water partition coefficient (Wildman–Crippen LogP) is 2.17. The number of fused-ring (bicyclic) bond motifs is 2. The third kappa shape index (κ3) is 2.45. The molecule has 0 saturated carbocycles. The Balaban J connectivity index is 1.59. The van der Waals surface area contributed by atoms with Crippen LogP contribution in [0.4, 0.5) is 0 Å². The fourth-order valence-electron chi connectivity index (χ4n) is 3.55. The third-order valence-corrected chi connectivity index (χ3v) is 4.40. The zero-order chi connectivity index (χ0) is 12.4. The molecule has 2 atom stereocenters. The van der Waals surface area contributed by atoms with E-state index in [0.29, 0.717) is 0 Å². The van der Waals surface area contributed by atoms with Crippen molar-refractivity contribution in [1.29, 1.82) is 0 Å². The van der Waals surface area contributed by atoms with Crippen molar-refractivity contribution in [2.45, 2.75) is 63.7 Å². The van der Waals surface area contributed by atoms with Crippen molar-refractivity contribution in [2.24, 2.45) is 0 Å². The second kappa shape index (κ2) is 5.41. The fraction of sp³-hybridized carbons (Fsp3) is 0.786. The van der Waals surface area contributed by atoms with Gasteiger partial charge in [-0.15, -0.1) is 0 Å². The van der Waals surface area contributed by atoms with E-state index in [1.54, 1.807) is 6.26 Å². The largest absolute Gasteiger partial charge is 0.364 e. The first kappa shape index (κ1) is 12.2. The zero-order valence-electron chi connectivity index (χ0n) is 11.1. The molecule has 0 radical (unpaired) electrons. The number of piperidine rings is 1. The van der Waals surface area contributed by atoms with Gasteiger partial charge in [-0.1, -0.05) is 12.1 Å². The lowest BCUT2D eigenvalue weighted by molar-refractivity contribution is 0.106. The Bertz CT molecular complexity index is 351. The summed E-state index contributed by atoms with van der Waals surface area (Å²) >= 11 is 0. The molecule has 3 heterocycles. The highest BCUT2D eigenvalue weighted by atomic mass is 16.5. The van der Waals surface area contributed by atoms with Crippen LogP contribution in [0.25, 0.3) is 0 Å². The van der Waals surface area contributed by atoms with Crippen LogP contribution >= 0.6 is 0 Å². The molecule has 2 unspecified atom stereocenters. The lowest BCUT2D eigenvalue weighted by Gasteiger charge is -2.38. The van der Waals surface area contributed by atoms with Crippen LogP contribution in [0.15, 0.2) is 16.9 Å². The molecule has 2 saturated heterocycles. The number of rotatable bonds is 5. The molecular weight excluding hydrogens is 226 g/mol. The van der Waals surface area contributed by atoms with E-state index in [1.165, 1.54) is 32.1 Å². The van der Waals surface area contributed by atoms with E-state index in [9.17, 15) is 0 Å². The average Bonchev–Trinajstić information content (AvgIpc) is 2.95. The van der Waals surface area contributed by atoms with Crippen molar-refractivity contribution in [3.8, 4) is 0 Å². The Morgan fingerprint density at radius 2 is 2.17 bits per heavy atom. The number of nitrogens with zero attached hydrogens (tertiary/aromatic N) is 2. The van der Waals surface area contributed by atoms with Gasteiger partial charge in [-0.25, -0.2) is 0 Å². The van der Waals surface area contributed by atoms with Crippen molar-refractivity contribution in [3.05, 3.63) is 18.0 Å². The van der Waals surface area contributed by atoms with Crippen LogP contribution in [0.5, 0.6) is 0 Å². The smallest absolute Gasteiger partial charge is 0.124 e. The summed E-state index contributed by atoms with van der Waals surface area (Å²) in [5.41, 5.74) is 1.08. The molecule has 2 bridgehead atoms. The highest BCUT2D eigenvalue weighted by molar-refractivity contribution is 5.02. The molecule has 2 aliphatic rings. The Morgan fingerprint density at radius 3 is 2.78 bits per heavy atom. The van der Waals surface area contributed by atoms with E-state index in [2.05, 4.69) is 22.3 Å². The lowest BCUT2D eigenvalue weighted by atomic mass is 9.97. The van der Waals surface area contributed by atoms with E-state index in [4.69, 9.17) is 4.52 Å². The van der Waals surface area contributed by atoms with Gasteiger partial charge >= 0.3 is 0 Å².